The Kier molecular flexibility index (Phi) is 4.94. The van der Waals surface area contributed by atoms with Gasteiger partial charge in [0, 0.05) is 17.7 Å². The Morgan fingerprint density at radius 2 is 1.92 bits per heavy atom. The summed E-state index contributed by atoms with van der Waals surface area (Å²) in [5, 5.41) is 16.4. The average Bonchev–Trinajstić information content (AvgIpc) is 2.92. The maximum atomic E-state index is 11.8. The second-order valence-corrected chi connectivity index (χ2v) is 6.13. The maximum Gasteiger partial charge on any atom is 0.273 e. The number of rotatable bonds is 5. The molecular formula is C18H15N3O4S. The molecule has 0 radical (unpaired) electrons. The van der Waals surface area contributed by atoms with Crippen molar-refractivity contribution >= 4 is 35.0 Å². The van der Waals surface area contributed by atoms with Gasteiger partial charge < -0.3 is 10.1 Å². The zero-order valence-electron chi connectivity index (χ0n) is 13.8. The number of thiocarbonyl (C=S) groups is 1. The number of benzene rings is 2. The number of hydrogen-bond acceptors (Lipinski definition) is 5. The van der Waals surface area contributed by atoms with Gasteiger partial charge in [0.25, 0.3) is 11.6 Å². The summed E-state index contributed by atoms with van der Waals surface area (Å²) < 4.78 is 5.81. The molecule has 132 valence electrons. The third kappa shape index (κ3) is 4.04. The molecule has 1 fully saturated rings. The summed E-state index contributed by atoms with van der Waals surface area (Å²) in [6.07, 6.45) is 1.48. The van der Waals surface area contributed by atoms with Crippen molar-refractivity contribution in [2.45, 2.75) is 13.5 Å². The first-order chi connectivity index (χ1) is 12.4. The van der Waals surface area contributed by atoms with Gasteiger partial charge in [0.15, 0.2) is 5.11 Å². The molecule has 0 bridgehead atoms. The Morgan fingerprint density at radius 3 is 2.54 bits per heavy atom. The van der Waals surface area contributed by atoms with E-state index in [1.165, 1.54) is 24.3 Å². The molecular weight excluding hydrogens is 354 g/mol. The van der Waals surface area contributed by atoms with Gasteiger partial charge in [-0.1, -0.05) is 29.8 Å². The van der Waals surface area contributed by atoms with E-state index < -0.39 is 10.8 Å². The smallest absolute Gasteiger partial charge is 0.273 e. The lowest BCUT2D eigenvalue weighted by Crippen LogP contribution is -2.21. The summed E-state index contributed by atoms with van der Waals surface area (Å²) in [6, 6.07) is 12.1. The number of nitrogens with zero attached hydrogens (tertiary/aromatic N) is 1. The zero-order chi connectivity index (χ0) is 18.7. The fourth-order valence-electron chi connectivity index (χ4n) is 2.38. The van der Waals surface area contributed by atoms with Crippen LogP contribution < -0.4 is 15.4 Å². The first-order valence-electron chi connectivity index (χ1n) is 7.73. The molecule has 2 aromatic carbocycles. The molecule has 0 atom stereocenters. The van der Waals surface area contributed by atoms with Crippen LogP contribution in [0.15, 0.2) is 48.2 Å². The second kappa shape index (κ2) is 7.32. The van der Waals surface area contributed by atoms with Gasteiger partial charge in [-0.05, 0) is 36.8 Å². The minimum absolute atomic E-state index is 0.0967. The number of nitro benzene ring substituents is 1. The molecule has 2 aromatic rings. The summed E-state index contributed by atoms with van der Waals surface area (Å²) in [5.74, 6) is 0.0297. The molecule has 1 amide bonds. The summed E-state index contributed by atoms with van der Waals surface area (Å²) in [5.41, 5.74) is 2.62. The third-order valence-electron chi connectivity index (χ3n) is 3.74. The number of nitro groups is 1. The van der Waals surface area contributed by atoms with Crippen molar-refractivity contribution in [2.24, 2.45) is 0 Å². The Balaban J connectivity index is 1.90. The third-order valence-corrected chi connectivity index (χ3v) is 3.94. The highest BCUT2D eigenvalue weighted by molar-refractivity contribution is 7.80. The van der Waals surface area contributed by atoms with E-state index in [9.17, 15) is 14.9 Å². The van der Waals surface area contributed by atoms with Gasteiger partial charge in [-0.2, -0.15) is 0 Å². The molecule has 7 nitrogen and oxygen atoms in total. The molecule has 1 saturated heterocycles. The SMILES string of the molecule is Cc1ccc(COc2ccc([N+](=O)[O-])cc2C=C2NC(=S)NC2=O)cc1. The van der Waals surface area contributed by atoms with Crippen LogP contribution in [0.3, 0.4) is 0 Å². The highest BCUT2D eigenvalue weighted by Gasteiger charge is 2.21. The molecule has 26 heavy (non-hydrogen) atoms. The molecule has 0 saturated carbocycles. The molecule has 1 aliphatic heterocycles. The number of carbonyl (C=O) groups is 1. The van der Waals surface area contributed by atoms with Gasteiger partial charge in [-0.3, -0.25) is 20.2 Å². The predicted molar refractivity (Wildman–Crippen MR) is 100 cm³/mol. The lowest BCUT2D eigenvalue weighted by molar-refractivity contribution is -0.384. The average molecular weight is 369 g/mol. The van der Waals surface area contributed by atoms with E-state index in [0.29, 0.717) is 17.9 Å². The van der Waals surface area contributed by atoms with Crippen molar-refractivity contribution in [3.63, 3.8) is 0 Å². The second-order valence-electron chi connectivity index (χ2n) is 5.72. The van der Waals surface area contributed by atoms with E-state index in [-0.39, 0.29) is 16.5 Å². The van der Waals surface area contributed by atoms with Gasteiger partial charge in [0.05, 0.1) is 4.92 Å². The number of ether oxygens (including phenoxy) is 1. The van der Waals surface area contributed by atoms with Crippen molar-refractivity contribution < 1.29 is 14.5 Å². The van der Waals surface area contributed by atoms with E-state index in [4.69, 9.17) is 17.0 Å². The van der Waals surface area contributed by atoms with Crippen LogP contribution in [0.5, 0.6) is 5.75 Å². The standard InChI is InChI=1S/C18H15N3O4S/c1-11-2-4-12(5-3-11)10-25-16-7-6-14(21(23)24)8-13(16)9-15-17(22)20-18(26)19-15/h2-9H,10H2,1H3,(H2,19,20,22,26). The van der Waals surface area contributed by atoms with E-state index >= 15 is 0 Å². The minimum atomic E-state index is -0.501. The normalized spacial score (nSPS) is 14.9. The number of amides is 1. The Labute approximate surface area is 154 Å². The van der Waals surface area contributed by atoms with Crippen LogP contribution in [-0.4, -0.2) is 15.9 Å². The summed E-state index contributed by atoms with van der Waals surface area (Å²) in [6.45, 7) is 2.29. The minimum Gasteiger partial charge on any atom is -0.488 e. The lowest BCUT2D eigenvalue weighted by atomic mass is 10.1. The van der Waals surface area contributed by atoms with Crippen LogP contribution in [0.4, 0.5) is 5.69 Å². The van der Waals surface area contributed by atoms with Crippen molar-refractivity contribution in [2.75, 3.05) is 0 Å². The van der Waals surface area contributed by atoms with Crippen molar-refractivity contribution in [3.8, 4) is 5.75 Å². The summed E-state index contributed by atoms with van der Waals surface area (Å²) in [7, 11) is 0. The summed E-state index contributed by atoms with van der Waals surface area (Å²) >= 11 is 4.89. The molecule has 1 heterocycles. The van der Waals surface area contributed by atoms with Gasteiger partial charge in [-0.25, -0.2) is 0 Å². The van der Waals surface area contributed by atoms with Crippen LogP contribution in [0.2, 0.25) is 0 Å². The lowest BCUT2D eigenvalue weighted by Gasteiger charge is -2.10. The van der Waals surface area contributed by atoms with Crippen LogP contribution >= 0.6 is 12.2 Å². The van der Waals surface area contributed by atoms with Crippen LogP contribution in [0.25, 0.3) is 6.08 Å². The zero-order valence-corrected chi connectivity index (χ0v) is 14.6. The van der Waals surface area contributed by atoms with Gasteiger partial charge in [0.1, 0.15) is 18.1 Å². The number of nitrogens with one attached hydrogen (secondary N) is 2. The van der Waals surface area contributed by atoms with Gasteiger partial charge >= 0.3 is 0 Å². The maximum absolute atomic E-state index is 11.8. The number of non-ortho nitro benzene ring substituents is 1. The molecule has 3 rings (SSSR count). The van der Waals surface area contributed by atoms with E-state index in [1.807, 2.05) is 31.2 Å². The van der Waals surface area contributed by atoms with Gasteiger partial charge in [-0.15, -0.1) is 0 Å². The van der Waals surface area contributed by atoms with Crippen LogP contribution in [0.1, 0.15) is 16.7 Å². The number of aryl methyl sites for hydroxylation is 1. The van der Waals surface area contributed by atoms with Crippen molar-refractivity contribution in [3.05, 3.63) is 75.0 Å². The topological polar surface area (TPSA) is 93.5 Å². The number of carbonyl (C=O) groups excluding carboxylic acids is 1. The highest BCUT2D eigenvalue weighted by atomic mass is 32.1. The van der Waals surface area contributed by atoms with Crippen LogP contribution in [0, 0.1) is 17.0 Å². The van der Waals surface area contributed by atoms with Crippen molar-refractivity contribution in [1.29, 1.82) is 0 Å². The quantitative estimate of drug-likeness (QED) is 0.364. The molecule has 0 aliphatic carbocycles. The Morgan fingerprint density at radius 1 is 1.19 bits per heavy atom. The first-order valence-corrected chi connectivity index (χ1v) is 8.14. The van der Waals surface area contributed by atoms with E-state index in [1.54, 1.807) is 0 Å². The highest BCUT2D eigenvalue weighted by Crippen LogP contribution is 2.27. The molecule has 0 spiro atoms. The fourth-order valence-corrected chi connectivity index (χ4v) is 2.58. The molecule has 2 N–H and O–H groups in total. The van der Waals surface area contributed by atoms with Crippen molar-refractivity contribution in [1.82, 2.24) is 10.6 Å². The number of hydrogen-bond donors (Lipinski definition) is 2. The fraction of sp³-hybridized carbons (Fsp3) is 0.111. The van der Waals surface area contributed by atoms with Crippen LogP contribution in [-0.2, 0) is 11.4 Å². The Bertz CT molecular complexity index is 923. The largest absolute Gasteiger partial charge is 0.488 e. The molecule has 0 unspecified atom stereocenters. The first kappa shape index (κ1) is 17.6. The van der Waals surface area contributed by atoms with E-state index in [0.717, 1.165) is 11.1 Å². The van der Waals surface area contributed by atoms with Gasteiger partial charge in [0.2, 0.25) is 0 Å². The molecule has 1 aliphatic rings. The Hall–Kier alpha value is -3.26. The monoisotopic (exact) mass is 369 g/mol. The molecule has 8 heteroatoms. The predicted octanol–water partition coefficient (Wildman–Crippen LogP) is 2.83. The summed E-state index contributed by atoms with van der Waals surface area (Å²) in [4.78, 5) is 22.4. The molecule has 0 aromatic heterocycles. The van der Waals surface area contributed by atoms with E-state index in [2.05, 4.69) is 10.6 Å².